The normalized spacial score (nSPS) is 17.5. The quantitative estimate of drug-likeness (QED) is 0.0191. The molecule has 0 aromatic heterocycles. The summed E-state index contributed by atoms with van der Waals surface area (Å²) in [5.74, 6) is -5.33. The molecule has 1 unspecified atom stereocenters. The van der Waals surface area contributed by atoms with E-state index in [4.69, 9.17) is 77.8 Å². The number of carbonyl (C=O) groups excluding carboxylic acids is 8. The molecule has 2 aliphatic heterocycles. The van der Waals surface area contributed by atoms with Crippen molar-refractivity contribution in [3.63, 3.8) is 0 Å². The zero-order valence-electron chi connectivity index (χ0n) is 60.4. The van der Waals surface area contributed by atoms with Gasteiger partial charge >= 0.3 is 5.97 Å². The summed E-state index contributed by atoms with van der Waals surface area (Å²) in [6.45, 7) is 12.8. The molecule has 2 fully saturated rings. The average Bonchev–Trinajstić information content (AvgIpc) is 1.79. The molecule has 2 heterocycles. The summed E-state index contributed by atoms with van der Waals surface area (Å²) in [7, 11) is 0. The number of Topliss-reactive ketones (excluding diaryl/α,β-unsaturated/α-hetero) is 2. The van der Waals surface area contributed by atoms with Gasteiger partial charge in [0, 0.05) is 74.5 Å². The molecule has 0 radical (unpaired) electrons. The lowest BCUT2D eigenvalue weighted by Gasteiger charge is -2.42. The number of thioether (sulfide) groups is 1. The highest BCUT2D eigenvalue weighted by Gasteiger charge is 2.42. The molecule has 0 spiro atoms. The Balaban J connectivity index is 0.795. The number of rotatable bonds is 64. The van der Waals surface area contributed by atoms with Crippen LogP contribution in [0.25, 0.3) is 0 Å². The zero-order chi connectivity index (χ0) is 76.1. The Kier molecular flexibility index (Phi) is 48.6. The summed E-state index contributed by atoms with van der Waals surface area (Å²) in [5, 5.41) is 39.5. The van der Waals surface area contributed by atoms with Gasteiger partial charge in [-0.25, -0.2) is 4.99 Å². The number of imide groups is 1. The summed E-state index contributed by atoms with van der Waals surface area (Å²) in [6, 6.07) is 11.9. The van der Waals surface area contributed by atoms with Crippen LogP contribution in [-0.2, 0) is 99.9 Å². The molecule has 2 saturated heterocycles. The Morgan fingerprint density at radius 1 is 0.619 bits per heavy atom. The summed E-state index contributed by atoms with van der Waals surface area (Å²) in [6.07, 6.45) is -0.974. The van der Waals surface area contributed by atoms with Gasteiger partial charge in [-0.1, -0.05) is 13.0 Å². The smallest absolute Gasteiger partial charge is 0.304 e. The summed E-state index contributed by atoms with van der Waals surface area (Å²) < 4.78 is 77.7. The van der Waals surface area contributed by atoms with Gasteiger partial charge in [0.25, 0.3) is 5.91 Å². The van der Waals surface area contributed by atoms with Gasteiger partial charge in [-0.2, -0.15) is 0 Å². The lowest BCUT2D eigenvalue weighted by atomic mass is 9.87. The van der Waals surface area contributed by atoms with Crippen LogP contribution in [0.5, 0.6) is 5.75 Å². The van der Waals surface area contributed by atoms with E-state index in [0.717, 1.165) is 4.90 Å². The Morgan fingerprint density at radius 3 is 1.66 bits per heavy atom. The van der Waals surface area contributed by atoms with Crippen molar-refractivity contribution in [2.75, 3.05) is 202 Å². The molecule has 0 saturated carbocycles. The van der Waals surface area contributed by atoms with Gasteiger partial charge in [0.1, 0.15) is 11.5 Å². The second-order valence-electron chi connectivity index (χ2n) is 24.1. The zero-order valence-corrected chi connectivity index (χ0v) is 61.2. The fourth-order valence-electron chi connectivity index (χ4n) is 10.1. The number of nitrogens with zero attached hydrogens (tertiary/aromatic N) is 2. The third-order valence-electron chi connectivity index (χ3n) is 15.8. The number of carboxylic acid groups (broad SMARTS) is 1. The van der Waals surface area contributed by atoms with Gasteiger partial charge in [-0.15, -0.1) is 11.8 Å². The van der Waals surface area contributed by atoms with Gasteiger partial charge in [0.15, 0.2) is 11.7 Å². The van der Waals surface area contributed by atoms with Crippen molar-refractivity contribution >= 4 is 82.1 Å². The largest absolute Gasteiger partial charge is 0.494 e. The molecule has 34 nitrogen and oxygen atoms in total. The topological polar surface area (TPSA) is 459 Å². The number of benzene rings is 2. The highest BCUT2D eigenvalue weighted by Crippen LogP contribution is 2.28. The number of ketones is 2. The maximum Gasteiger partial charge on any atom is 0.304 e. The minimum Gasteiger partial charge on any atom is -0.494 e. The highest BCUT2D eigenvalue weighted by molar-refractivity contribution is 8.00. The van der Waals surface area contributed by atoms with Crippen LogP contribution in [0.15, 0.2) is 53.5 Å². The van der Waals surface area contributed by atoms with Crippen LogP contribution < -0.4 is 37.5 Å². The van der Waals surface area contributed by atoms with E-state index in [1.54, 1.807) is 50.2 Å². The number of amides is 6. The van der Waals surface area contributed by atoms with E-state index < -0.39 is 78.5 Å². The van der Waals surface area contributed by atoms with E-state index in [1.165, 1.54) is 23.9 Å². The molecule has 2 aliphatic rings. The maximum atomic E-state index is 13.0. The van der Waals surface area contributed by atoms with E-state index in [1.807, 2.05) is 0 Å². The van der Waals surface area contributed by atoms with Crippen LogP contribution in [0.1, 0.15) is 82.0 Å². The van der Waals surface area contributed by atoms with Gasteiger partial charge in [-0.3, -0.25) is 48.1 Å². The number of hydrogen-bond donors (Lipinski definition) is 9. The van der Waals surface area contributed by atoms with Crippen LogP contribution in [0.3, 0.4) is 0 Å². The first kappa shape index (κ1) is 90.5. The van der Waals surface area contributed by atoms with Crippen molar-refractivity contribution in [3.05, 3.63) is 54.1 Å². The Labute approximate surface area is 617 Å². The number of nitrogens with one attached hydrogen (secondary N) is 4. The van der Waals surface area contributed by atoms with E-state index in [2.05, 4.69) is 26.3 Å². The molecule has 0 bridgehead atoms. The first-order valence-electron chi connectivity index (χ1n) is 35.5. The molecule has 11 N–H and O–H groups in total. The minimum atomic E-state index is -1.27. The van der Waals surface area contributed by atoms with E-state index >= 15 is 0 Å². The molecule has 4 rings (SSSR count). The predicted molar refractivity (Wildman–Crippen MR) is 382 cm³/mol. The summed E-state index contributed by atoms with van der Waals surface area (Å²) in [4.78, 5) is 118. The number of aliphatic hydroxyl groups excluding tert-OH is 2. The SMILES string of the molecule is C[C@H]1[C@H](O)[C@@H](NC(=O)CCSC2CC(=O)N(CCC(=O)NCCOCCOCCOCCOCCOCCOCCOCCOCCOCCOCCOCCOCCC(=O)CCCCOc3ccc(NC(=O)[C@H](CC(=O)O)CC(=O)CNC(=O)c4cccc(N=C(N)N)c4)cc3)C2=O)[C@H](C)O[C@@H]1CO. The monoisotopic (exact) mass is 1510 g/mol. The maximum absolute atomic E-state index is 13.0. The van der Waals surface area contributed by atoms with Crippen molar-refractivity contribution in [2.24, 2.45) is 28.3 Å². The van der Waals surface area contributed by atoms with Crippen molar-refractivity contribution in [1.82, 2.24) is 20.9 Å². The number of likely N-dealkylation sites (tertiary alicyclic amines) is 1. The van der Waals surface area contributed by atoms with Gasteiger partial charge in [0.05, 0.1) is 226 Å². The van der Waals surface area contributed by atoms with E-state index in [-0.39, 0.29) is 98.2 Å². The number of anilines is 1. The molecule has 6 amide bonds. The third-order valence-corrected chi connectivity index (χ3v) is 17.0. The number of guanidine groups is 1. The number of aliphatic carboxylic acids is 1. The molecular weight excluding hydrogens is 1400 g/mol. The number of hydrogen-bond acceptors (Lipinski definition) is 27. The Bertz CT molecular complexity index is 2870. The van der Waals surface area contributed by atoms with Crippen molar-refractivity contribution in [3.8, 4) is 5.75 Å². The van der Waals surface area contributed by atoms with Crippen molar-refractivity contribution < 1.29 is 125 Å². The molecule has 592 valence electrons. The second kappa shape index (κ2) is 56.4. The number of nitrogens with two attached hydrogens (primary N) is 2. The number of ether oxygens (including phenoxy) is 14. The molecule has 7 atom stereocenters. The van der Waals surface area contributed by atoms with E-state index in [0.29, 0.717) is 201 Å². The fourth-order valence-corrected chi connectivity index (χ4v) is 11.3. The Hall–Kier alpha value is -6.91. The van der Waals surface area contributed by atoms with Crippen LogP contribution in [0.4, 0.5) is 11.4 Å². The van der Waals surface area contributed by atoms with E-state index in [9.17, 15) is 58.5 Å². The average molecular weight is 1510 g/mol. The molecule has 35 heteroatoms. The minimum absolute atomic E-state index is 0.00818. The van der Waals surface area contributed by atoms with Gasteiger partial charge < -0.3 is 114 Å². The number of aliphatic hydroxyl groups is 2. The third kappa shape index (κ3) is 41.7. The highest BCUT2D eigenvalue weighted by atomic mass is 32.2. The summed E-state index contributed by atoms with van der Waals surface area (Å²) >= 11 is 1.21. The molecular formula is C70H110N8O26S. The van der Waals surface area contributed by atoms with Gasteiger partial charge in [0.2, 0.25) is 29.5 Å². The lowest BCUT2D eigenvalue weighted by molar-refractivity contribution is -0.161. The molecule has 0 aliphatic carbocycles. The molecule has 2 aromatic rings. The number of carboxylic acids is 1. The summed E-state index contributed by atoms with van der Waals surface area (Å²) in [5.41, 5.74) is 11.7. The van der Waals surface area contributed by atoms with Crippen LogP contribution in [0.2, 0.25) is 0 Å². The number of unbranched alkanes of at least 4 members (excludes halogenated alkanes) is 1. The molecule has 2 aromatic carbocycles. The standard InChI is InChI=1S/C70H110N8O26S/c1-50-59(49-79)104-51(2)65(66(50)87)77-62(83)15-43-105-60-47-63(84)78(69(60)90)17-13-61(82)73-16-20-92-22-24-94-26-28-96-30-32-98-34-36-100-38-40-102-42-41-101-39-37-99-35-33-97-31-29-95-27-25-93-23-21-91-19-14-56(80)8-3-4-18-103-58-11-9-54(10-12-58)75-68(89)53(46-64(85)86)45-57(81)48-74-67(88)52-6-5-7-55(44-52)76-70(71)72/h5-7,9-12,44,50-51,53,59-60,65-66,79,87H,3-4,8,13-43,45-49H2,1-2H3,(H,73,82)(H,74,88)(H,75,89)(H,77,83)(H,85,86)(H4,71,72,76)/t50-,51+,53+,59-,60?,65+,66+/m1/s1. The first-order valence-corrected chi connectivity index (χ1v) is 36.6. The van der Waals surface area contributed by atoms with Crippen LogP contribution in [0, 0.1) is 11.8 Å². The van der Waals surface area contributed by atoms with Crippen LogP contribution in [-0.4, -0.2) is 306 Å². The number of aliphatic imine (C=N–C) groups is 1. The lowest BCUT2D eigenvalue weighted by Crippen LogP contribution is -2.60. The predicted octanol–water partition coefficient (Wildman–Crippen LogP) is 0.736. The second-order valence-corrected chi connectivity index (χ2v) is 25.4. The van der Waals surface area contributed by atoms with Crippen molar-refractivity contribution in [1.29, 1.82) is 0 Å². The fraction of sp³-hybridized carbons (Fsp3) is 0.686. The van der Waals surface area contributed by atoms with Crippen LogP contribution >= 0.6 is 11.8 Å². The number of carbonyl (C=O) groups is 9. The first-order chi connectivity index (χ1) is 50.8. The Morgan fingerprint density at radius 2 is 1.14 bits per heavy atom. The molecule has 105 heavy (non-hydrogen) atoms. The van der Waals surface area contributed by atoms with Gasteiger partial charge in [-0.05, 0) is 62.2 Å². The van der Waals surface area contributed by atoms with Crippen molar-refractivity contribution in [2.45, 2.75) is 101 Å².